The maximum atomic E-state index is 12.4. The molecule has 1 unspecified atom stereocenters. The summed E-state index contributed by atoms with van der Waals surface area (Å²) in [7, 11) is 1.50. The largest absolute Gasteiger partial charge is 0.481 e. The summed E-state index contributed by atoms with van der Waals surface area (Å²) in [4.78, 5) is 34.6. The predicted octanol–water partition coefficient (Wildman–Crippen LogP) is 5.61. The van der Waals surface area contributed by atoms with Gasteiger partial charge in [-0.3, -0.25) is 14.4 Å². The van der Waals surface area contributed by atoms with E-state index in [0.29, 0.717) is 19.6 Å². The van der Waals surface area contributed by atoms with Gasteiger partial charge in [-0.1, -0.05) is 38.2 Å². The maximum Gasteiger partial charge on any atom is 0.306 e. The number of unbranched alkanes of at least 4 members (excludes halogenated alkanes) is 4. The highest BCUT2D eigenvalue weighted by Crippen LogP contribution is 2.11. The predicted molar refractivity (Wildman–Crippen MR) is 146 cm³/mol. The fraction of sp³-hybridized carbons (Fsp3) is 0.759. The number of carbonyl (C=O) groups excluding carboxylic acids is 2. The van der Waals surface area contributed by atoms with E-state index in [2.05, 4.69) is 38.2 Å². The standard InChI is InChI=1S/C29H50O9/c1-4-6-8-10-12-14-20-35-29(36-21-15-13-11-9-7-5-2)19-18-28(33)38-24-25(22-34-3)23-37-27(32)17-16-26(30)31/h6-9,25,29H,4-5,10-24H2,1-3H3,(H,30,31)/b8-6-,9-7-. The van der Waals surface area contributed by atoms with Crippen molar-refractivity contribution in [2.75, 3.05) is 40.1 Å². The normalized spacial score (nSPS) is 12.4. The number of carbonyl (C=O) groups is 3. The van der Waals surface area contributed by atoms with Crippen molar-refractivity contribution >= 4 is 17.9 Å². The molecule has 0 aliphatic carbocycles. The molecule has 0 aliphatic rings. The molecule has 0 fully saturated rings. The van der Waals surface area contributed by atoms with Crippen LogP contribution in [-0.4, -0.2) is 69.4 Å². The third kappa shape index (κ3) is 24.1. The summed E-state index contributed by atoms with van der Waals surface area (Å²) >= 11 is 0. The first kappa shape index (κ1) is 35.8. The Bertz CT molecular complexity index is 636. The van der Waals surface area contributed by atoms with Crippen molar-refractivity contribution in [3.05, 3.63) is 24.3 Å². The van der Waals surface area contributed by atoms with E-state index in [9.17, 15) is 14.4 Å². The fourth-order valence-electron chi connectivity index (χ4n) is 3.33. The van der Waals surface area contributed by atoms with Crippen molar-refractivity contribution in [1.82, 2.24) is 0 Å². The molecule has 0 aliphatic heterocycles. The summed E-state index contributed by atoms with van der Waals surface area (Å²) in [5.74, 6) is -2.41. The lowest BCUT2D eigenvalue weighted by Gasteiger charge is -2.19. The molecule has 0 bridgehead atoms. The number of rotatable bonds is 26. The number of allylic oxidation sites excluding steroid dienone is 4. The SMILES string of the molecule is CC/C=C\CCCCOC(CCC(=O)OCC(COC)COC(=O)CCC(=O)O)OCCCC/C=C\CC. The van der Waals surface area contributed by atoms with Crippen molar-refractivity contribution in [3.63, 3.8) is 0 Å². The van der Waals surface area contributed by atoms with Gasteiger partial charge in [-0.05, 0) is 51.4 Å². The number of ether oxygens (including phenoxy) is 5. The zero-order chi connectivity index (χ0) is 28.3. The lowest BCUT2D eigenvalue weighted by Crippen LogP contribution is -2.25. The van der Waals surface area contributed by atoms with Gasteiger partial charge >= 0.3 is 17.9 Å². The van der Waals surface area contributed by atoms with Crippen LogP contribution in [0.4, 0.5) is 0 Å². The van der Waals surface area contributed by atoms with Crippen molar-refractivity contribution in [1.29, 1.82) is 0 Å². The molecule has 0 aromatic rings. The molecule has 0 saturated heterocycles. The Balaban J connectivity index is 4.47. The van der Waals surface area contributed by atoms with E-state index in [0.717, 1.165) is 51.4 Å². The van der Waals surface area contributed by atoms with Gasteiger partial charge in [0.1, 0.15) is 0 Å². The summed E-state index contributed by atoms with van der Waals surface area (Å²) in [6.45, 7) is 5.62. The minimum atomic E-state index is -1.07. The zero-order valence-electron chi connectivity index (χ0n) is 23.7. The molecular formula is C29H50O9. The first-order valence-corrected chi connectivity index (χ1v) is 14.0. The Kier molecular flexibility index (Phi) is 24.8. The second-order valence-electron chi connectivity index (χ2n) is 9.04. The zero-order valence-corrected chi connectivity index (χ0v) is 23.7. The summed E-state index contributed by atoms with van der Waals surface area (Å²) in [6.07, 6.45) is 16.3. The van der Waals surface area contributed by atoms with Gasteiger partial charge in [-0.15, -0.1) is 0 Å². The van der Waals surface area contributed by atoms with E-state index in [-0.39, 0.29) is 45.0 Å². The molecule has 0 saturated carbocycles. The maximum absolute atomic E-state index is 12.4. The molecule has 1 N–H and O–H groups in total. The van der Waals surface area contributed by atoms with Crippen LogP contribution in [0, 0.1) is 5.92 Å². The molecular weight excluding hydrogens is 492 g/mol. The molecule has 220 valence electrons. The van der Waals surface area contributed by atoms with Gasteiger partial charge in [-0.2, -0.15) is 0 Å². The van der Waals surface area contributed by atoms with E-state index in [1.54, 1.807) is 0 Å². The van der Waals surface area contributed by atoms with Crippen LogP contribution in [0.1, 0.15) is 90.9 Å². The van der Waals surface area contributed by atoms with Gasteiger partial charge in [0, 0.05) is 26.7 Å². The van der Waals surface area contributed by atoms with E-state index < -0.39 is 24.2 Å². The monoisotopic (exact) mass is 542 g/mol. The minimum Gasteiger partial charge on any atom is -0.481 e. The first-order chi connectivity index (χ1) is 18.4. The number of hydrogen-bond acceptors (Lipinski definition) is 8. The highest BCUT2D eigenvalue weighted by Gasteiger charge is 2.17. The lowest BCUT2D eigenvalue weighted by molar-refractivity contribution is -0.161. The molecule has 0 aromatic carbocycles. The summed E-state index contributed by atoms with van der Waals surface area (Å²) < 4.78 is 27.4. The second-order valence-corrected chi connectivity index (χ2v) is 9.04. The van der Waals surface area contributed by atoms with E-state index >= 15 is 0 Å². The van der Waals surface area contributed by atoms with Crippen LogP contribution in [0.15, 0.2) is 24.3 Å². The van der Waals surface area contributed by atoms with Crippen LogP contribution in [0.2, 0.25) is 0 Å². The van der Waals surface area contributed by atoms with Crippen molar-refractivity contribution in [2.24, 2.45) is 5.92 Å². The molecule has 9 heteroatoms. The first-order valence-electron chi connectivity index (χ1n) is 14.0. The number of aliphatic carboxylic acids is 1. The average molecular weight is 543 g/mol. The van der Waals surface area contributed by atoms with E-state index in [1.807, 2.05) is 0 Å². The molecule has 9 nitrogen and oxygen atoms in total. The summed E-state index contributed by atoms with van der Waals surface area (Å²) in [5, 5.41) is 8.65. The molecule has 0 rings (SSSR count). The highest BCUT2D eigenvalue weighted by molar-refractivity contribution is 5.76. The Morgan fingerprint density at radius 1 is 0.711 bits per heavy atom. The van der Waals surface area contributed by atoms with Gasteiger partial charge in [0.25, 0.3) is 0 Å². The fourth-order valence-corrected chi connectivity index (χ4v) is 3.33. The third-order valence-corrected chi connectivity index (χ3v) is 5.43. The van der Waals surface area contributed by atoms with Crippen LogP contribution >= 0.6 is 0 Å². The molecule has 1 atom stereocenters. The average Bonchev–Trinajstić information content (AvgIpc) is 2.90. The number of hydrogen-bond donors (Lipinski definition) is 1. The van der Waals surface area contributed by atoms with Gasteiger partial charge in [-0.25, -0.2) is 0 Å². The molecule has 0 spiro atoms. The molecule has 0 radical (unpaired) electrons. The van der Waals surface area contributed by atoms with Crippen LogP contribution < -0.4 is 0 Å². The van der Waals surface area contributed by atoms with Gasteiger partial charge in [0.05, 0.1) is 45.0 Å². The van der Waals surface area contributed by atoms with E-state index in [4.69, 9.17) is 28.8 Å². The number of methoxy groups -OCH3 is 1. The number of carboxylic acid groups (broad SMARTS) is 1. The van der Waals surface area contributed by atoms with Crippen LogP contribution in [0.25, 0.3) is 0 Å². The third-order valence-electron chi connectivity index (χ3n) is 5.43. The van der Waals surface area contributed by atoms with Gasteiger partial charge in [0.15, 0.2) is 6.29 Å². The van der Waals surface area contributed by atoms with Crippen molar-refractivity contribution < 1.29 is 43.2 Å². The van der Waals surface area contributed by atoms with E-state index in [1.165, 1.54) is 7.11 Å². The highest BCUT2D eigenvalue weighted by atomic mass is 16.7. The second kappa shape index (κ2) is 26.4. The number of carboxylic acids is 1. The number of esters is 2. The Morgan fingerprint density at radius 3 is 1.71 bits per heavy atom. The topological polar surface area (TPSA) is 118 Å². The Morgan fingerprint density at radius 2 is 1.24 bits per heavy atom. The van der Waals surface area contributed by atoms with Crippen LogP contribution in [-0.2, 0) is 38.1 Å². The quantitative estimate of drug-likeness (QED) is 0.0644. The molecule has 0 heterocycles. The molecule has 38 heavy (non-hydrogen) atoms. The molecule has 0 aromatic heterocycles. The Labute approximate surface area is 228 Å². The minimum absolute atomic E-state index is 0.0185. The van der Waals surface area contributed by atoms with Gasteiger partial charge in [0.2, 0.25) is 0 Å². The van der Waals surface area contributed by atoms with Crippen molar-refractivity contribution in [3.8, 4) is 0 Å². The lowest BCUT2D eigenvalue weighted by atomic mass is 10.2. The Hall–Kier alpha value is -2.23. The molecule has 0 amide bonds. The summed E-state index contributed by atoms with van der Waals surface area (Å²) in [5.41, 5.74) is 0. The smallest absolute Gasteiger partial charge is 0.306 e. The van der Waals surface area contributed by atoms with Crippen LogP contribution in [0.5, 0.6) is 0 Å². The van der Waals surface area contributed by atoms with Crippen molar-refractivity contribution in [2.45, 2.75) is 97.2 Å². The summed E-state index contributed by atoms with van der Waals surface area (Å²) in [6, 6.07) is 0. The van der Waals surface area contributed by atoms with Crippen LogP contribution in [0.3, 0.4) is 0 Å². The van der Waals surface area contributed by atoms with Gasteiger partial charge < -0.3 is 28.8 Å².